The standard InChI is InChI=1S/C13H25N3S/c1-7-10-11(8-14)17-12(15-10)16(6)9(2)13(3,4)5/h9H,7-8,14H2,1-6H3. The van der Waals surface area contributed by atoms with Gasteiger partial charge in [-0.05, 0) is 18.8 Å². The third-order valence-electron chi connectivity index (χ3n) is 3.42. The second-order valence-corrected chi connectivity index (χ2v) is 6.64. The maximum absolute atomic E-state index is 5.75. The van der Waals surface area contributed by atoms with Gasteiger partial charge >= 0.3 is 0 Å². The van der Waals surface area contributed by atoms with Crippen molar-refractivity contribution in [2.24, 2.45) is 11.1 Å². The molecule has 0 aromatic carbocycles. The number of aromatic nitrogens is 1. The smallest absolute Gasteiger partial charge is 0.185 e. The van der Waals surface area contributed by atoms with Crippen LogP contribution in [0.1, 0.15) is 45.2 Å². The average molecular weight is 255 g/mol. The normalized spacial score (nSPS) is 13.8. The molecule has 4 heteroatoms. The highest BCUT2D eigenvalue weighted by molar-refractivity contribution is 7.15. The minimum atomic E-state index is 0.246. The summed E-state index contributed by atoms with van der Waals surface area (Å²) in [5.41, 5.74) is 7.15. The summed E-state index contributed by atoms with van der Waals surface area (Å²) in [4.78, 5) is 8.18. The largest absolute Gasteiger partial charge is 0.348 e. The van der Waals surface area contributed by atoms with Crippen LogP contribution in [0.2, 0.25) is 0 Å². The number of thiazole rings is 1. The van der Waals surface area contributed by atoms with Crippen molar-refractivity contribution in [2.75, 3.05) is 11.9 Å². The van der Waals surface area contributed by atoms with Crippen molar-refractivity contribution in [3.8, 4) is 0 Å². The molecule has 1 aromatic heterocycles. The zero-order valence-electron chi connectivity index (χ0n) is 11.9. The predicted molar refractivity (Wildman–Crippen MR) is 76.7 cm³/mol. The molecule has 0 aliphatic rings. The summed E-state index contributed by atoms with van der Waals surface area (Å²) in [7, 11) is 2.12. The summed E-state index contributed by atoms with van der Waals surface area (Å²) < 4.78 is 0. The molecule has 1 atom stereocenters. The number of aryl methyl sites for hydroxylation is 1. The molecule has 1 unspecified atom stereocenters. The van der Waals surface area contributed by atoms with E-state index in [2.05, 4.69) is 46.6 Å². The lowest BCUT2D eigenvalue weighted by molar-refractivity contribution is 0.329. The maximum atomic E-state index is 5.75. The highest BCUT2D eigenvalue weighted by Gasteiger charge is 2.26. The first-order valence-electron chi connectivity index (χ1n) is 6.22. The van der Waals surface area contributed by atoms with Gasteiger partial charge in [-0.3, -0.25) is 0 Å². The molecular formula is C13H25N3S. The van der Waals surface area contributed by atoms with Crippen LogP contribution >= 0.6 is 11.3 Å². The van der Waals surface area contributed by atoms with Crippen molar-refractivity contribution in [1.82, 2.24) is 4.98 Å². The van der Waals surface area contributed by atoms with Crippen molar-refractivity contribution in [1.29, 1.82) is 0 Å². The lowest BCUT2D eigenvalue weighted by Crippen LogP contribution is -2.39. The van der Waals surface area contributed by atoms with Crippen molar-refractivity contribution >= 4 is 16.5 Å². The fraction of sp³-hybridized carbons (Fsp3) is 0.769. The first-order chi connectivity index (χ1) is 7.81. The van der Waals surface area contributed by atoms with E-state index in [0.717, 1.165) is 17.2 Å². The highest BCUT2D eigenvalue weighted by atomic mass is 32.1. The van der Waals surface area contributed by atoms with Gasteiger partial charge in [0.05, 0.1) is 5.69 Å². The molecule has 0 amide bonds. The fourth-order valence-corrected chi connectivity index (χ4v) is 2.77. The molecule has 0 bridgehead atoms. The molecule has 0 saturated carbocycles. The van der Waals surface area contributed by atoms with Crippen LogP contribution in [0.3, 0.4) is 0 Å². The van der Waals surface area contributed by atoms with E-state index in [1.807, 2.05) is 0 Å². The maximum Gasteiger partial charge on any atom is 0.185 e. The van der Waals surface area contributed by atoms with Gasteiger partial charge in [0, 0.05) is 24.5 Å². The minimum Gasteiger partial charge on any atom is -0.348 e. The fourth-order valence-electron chi connectivity index (χ4n) is 1.70. The Labute approximate surface area is 109 Å². The predicted octanol–water partition coefficient (Wildman–Crippen LogP) is 3.04. The van der Waals surface area contributed by atoms with Crippen LogP contribution in [0.15, 0.2) is 0 Å². The molecule has 1 rings (SSSR count). The zero-order valence-corrected chi connectivity index (χ0v) is 12.7. The number of nitrogens with zero attached hydrogens (tertiary/aromatic N) is 2. The van der Waals surface area contributed by atoms with Gasteiger partial charge in [0.2, 0.25) is 0 Å². The molecule has 0 saturated heterocycles. The van der Waals surface area contributed by atoms with Crippen LogP contribution in [-0.4, -0.2) is 18.1 Å². The molecule has 0 aliphatic carbocycles. The van der Waals surface area contributed by atoms with Gasteiger partial charge in [-0.25, -0.2) is 4.98 Å². The second-order valence-electron chi connectivity index (χ2n) is 5.58. The quantitative estimate of drug-likeness (QED) is 0.899. The van der Waals surface area contributed by atoms with Gasteiger partial charge in [-0.15, -0.1) is 11.3 Å². The van der Waals surface area contributed by atoms with E-state index in [9.17, 15) is 0 Å². The lowest BCUT2D eigenvalue weighted by Gasteiger charge is -2.35. The van der Waals surface area contributed by atoms with E-state index in [0.29, 0.717) is 12.6 Å². The van der Waals surface area contributed by atoms with Crippen LogP contribution in [-0.2, 0) is 13.0 Å². The van der Waals surface area contributed by atoms with Crippen molar-refractivity contribution < 1.29 is 0 Å². The molecule has 0 spiro atoms. The Balaban J connectivity index is 2.96. The summed E-state index contributed by atoms with van der Waals surface area (Å²) >= 11 is 1.73. The second kappa shape index (κ2) is 5.36. The van der Waals surface area contributed by atoms with Gasteiger partial charge in [0.25, 0.3) is 0 Å². The first-order valence-corrected chi connectivity index (χ1v) is 7.04. The molecule has 0 radical (unpaired) electrons. The van der Waals surface area contributed by atoms with E-state index in [-0.39, 0.29) is 5.41 Å². The topological polar surface area (TPSA) is 42.2 Å². The molecule has 2 N–H and O–H groups in total. The summed E-state index contributed by atoms with van der Waals surface area (Å²) in [5.74, 6) is 0. The molecule has 1 heterocycles. The van der Waals surface area contributed by atoms with Crippen LogP contribution in [0.4, 0.5) is 5.13 Å². The van der Waals surface area contributed by atoms with Gasteiger partial charge < -0.3 is 10.6 Å². The SMILES string of the molecule is CCc1nc(N(C)C(C)C(C)(C)C)sc1CN. The Morgan fingerprint density at radius 3 is 2.35 bits per heavy atom. The van der Waals surface area contributed by atoms with Gasteiger partial charge in [-0.2, -0.15) is 0 Å². The Kier molecular flexibility index (Phi) is 4.55. The van der Waals surface area contributed by atoms with Crippen LogP contribution < -0.4 is 10.6 Å². The molecule has 0 aliphatic heterocycles. The lowest BCUT2D eigenvalue weighted by atomic mass is 9.87. The highest BCUT2D eigenvalue weighted by Crippen LogP contribution is 2.31. The first kappa shape index (κ1) is 14.5. The average Bonchev–Trinajstić information content (AvgIpc) is 2.68. The van der Waals surface area contributed by atoms with Crippen molar-refractivity contribution in [2.45, 2.75) is 53.6 Å². The van der Waals surface area contributed by atoms with E-state index < -0.39 is 0 Å². The molecule has 17 heavy (non-hydrogen) atoms. The Bertz CT molecular complexity index is 344. The van der Waals surface area contributed by atoms with E-state index in [4.69, 9.17) is 10.7 Å². The van der Waals surface area contributed by atoms with Crippen LogP contribution in [0.5, 0.6) is 0 Å². The molecule has 0 fully saturated rings. The Hall–Kier alpha value is -0.610. The van der Waals surface area contributed by atoms with Crippen molar-refractivity contribution in [3.05, 3.63) is 10.6 Å². The number of hydrogen-bond donors (Lipinski definition) is 1. The molecule has 1 aromatic rings. The van der Waals surface area contributed by atoms with Crippen LogP contribution in [0.25, 0.3) is 0 Å². The minimum absolute atomic E-state index is 0.246. The summed E-state index contributed by atoms with van der Waals surface area (Å²) in [5, 5.41) is 1.09. The number of anilines is 1. The Morgan fingerprint density at radius 1 is 1.41 bits per heavy atom. The number of nitrogens with two attached hydrogens (primary N) is 1. The van der Waals surface area contributed by atoms with Gasteiger partial charge in [0.15, 0.2) is 5.13 Å². The van der Waals surface area contributed by atoms with Crippen molar-refractivity contribution in [3.63, 3.8) is 0 Å². The van der Waals surface area contributed by atoms with Gasteiger partial charge in [-0.1, -0.05) is 27.7 Å². The molecule has 3 nitrogen and oxygen atoms in total. The number of hydrogen-bond acceptors (Lipinski definition) is 4. The van der Waals surface area contributed by atoms with E-state index >= 15 is 0 Å². The van der Waals surface area contributed by atoms with Gasteiger partial charge in [0.1, 0.15) is 0 Å². The van der Waals surface area contributed by atoms with E-state index in [1.165, 1.54) is 4.88 Å². The molecule has 98 valence electrons. The monoisotopic (exact) mass is 255 g/mol. The summed E-state index contributed by atoms with van der Waals surface area (Å²) in [6.07, 6.45) is 0.959. The zero-order chi connectivity index (χ0) is 13.2. The summed E-state index contributed by atoms with van der Waals surface area (Å²) in [6, 6.07) is 0.448. The Morgan fingerprint density at radius 2 is 2.00 bits per heavy atom. The third kappa shape index (κ3) is 3.19. The number of rotatable bonds is 4. The van der Waals surface area contributed by atoms with E-state index in [1.54, 1.807) is 11.3 Å². The van der Waals surface area contributed by atoms with Crippen LogP contribution in [0, 0.1) is 5.41 Å². The third-order valence-corrected chi connectivity index (χ3v) is 4.63. The summed E-state index contributed by atoms with van der Waals surface area (Å²) in [6.45, 7) is 11.7. The molecular weight excluding hydrogens is 230 g/mol.